The maximum Gasteiger partial charge on any atom is 0.254 e. The molecule has 3 heterocycles. The highest BCUT2D eigenvalue weighted by atomic mass is 32.2. The van der Waals surface area contributed by atoms with Crippen LogP contribution in [0.25, 0.3) is 5.00 Å². The van der Waals surface area contributed by atoms with Gasteiger partial charge in [0.2, 0.25) is 0 Å². The Bertz CT molecular complexity index is 826. The predicted molar refractivity (Wildman–Crippen MR) is 85.6 cm³/mol. The zero-order valence-corrected chi connectivity index (χ0v) is 14.4. The molecule has 1 saturated heterocycles. The number of aryl methyl sites for hydroxylation is 1. The first-order chi connectivity index (χ1) is 10.9. The molecule has 3 rings (SSSR count). The van der Waals surface area contributed by atoms with Gasteiger partial charge in [-0.15, -0.1) is 16.4 Å². The van der Waals surface area contributed by atoms with Gasteiger partial charge in [0.15, 0.2) is 9.84 Å². The summed E-state index contributed by atoms with van der Waals surface area (Å²) in [5.74, 6) is 0.122. The Balaban J connectivity index is 1.77. The largest absolute Gasteiger partial charge is 0.352 e. The van der Waals surface area contributed by atoms with Crippen molar-refractivity contribution in [3.05, 3.63) is 22.3 Å². The third-order valence-electron chi connectivity index (χ3n) is 4.03. The van der Waals surface area contributed by atoms with Crippen molar-refractivity contribution in [3.8, 4) is 5.00 Å². The maximum absolute atomic E-state index is 12.6. The van der Waals surface area contributed by atoms with Crippen LogP contribution in [0.3, 0.4) is 0 Å². The summed E-state index contributed by atoms with van der Waals surface area (Å²) in [6.07, 6.45) is 2.05. The summed E-state index contributed by atoms with van der Waals surface area (Å²) in [5.41, 5.74) is 1.43. The normalized spacial score (nSPS) is 19.8. The molecule has 0 radical (unpaired) electrons. The molecule has 1 fully saturated rings. The van der Waals surface area contributed by atoms with E-state index in [1.807, 2.05) is 13.8 Å². The van der Waals surface area contributed by atoms with E-state index in [1.165, 1.54) is 22.3 Å². The average Bonchev–Trinajstić information content (AvgIpc) is 3.18. The van der Waals surface area contributed by atoms with Crippen molar-refractivity contribution in [2.75, 3.05) is 18.1 Å². The van der Waals surface area contributed by atoms with Gasteiger partial charge in [-0.3, -0.25) is 4.79 Å². The van der Waals surface area contributed by atoms with E-state index in [-0.39, 0.29) is 23.3 Å². The molecule has 0 saturated carbocycles. The first-order valence-electron chi connectivity index (χ1n) is 7.19. The number of aromatic nitrogens is 4. The van der Waals surface area contributed by atoms with Gasteiger partial charge in [-0.1, -0.05) is 0 Å². The summed E-state index contributed by atoms with van der Waals surface area (Å²) in [6.45, 7) is 4.18. The molecule has 1 unspecified atom stereocenters. The standard InChI is InChI=1S/C13H17N5O3S2/c1-8-9(2)22-13(18-7-15-16-17-18)11(8)12(19)14-5-10-3-4-23(20,21)6-10/h7,10H,3-6H2,1-2H3,(H,14,19). The van der Waals surface area contributed by atoms with Crippen LogP contribution < -0.4 is 5.32 Å². The van der Waals surface area contributed by atoms with Gasteiger partial charge in [0, 0.05) is 11.4 Å². The van der Waals surface area contributed by atoms with Crippen molar-refractivity contribution in [3.63, 3.8) is 0 Å². The zero-order chi connectivity index (χ0) is 16.6. The lowest BCUT2D eigenvalue weighted by molar-refractivity contribution is 0.0948. The van der Waals surface area contributed by atoms with Crippen molar-refractivity contribution in [2.24, 2.45) is 5.92 Å². The molecule has 1 amide bonds. The van der Waals surface area contributed by atoms with Crippen molar-refractivity contribution in [1.29, 1.82) is 0 Å². The van der Waals surface area contributed by atoms with Gasteiger partial charge in [-0.2, -0.15) is 4.68 Å². The lowest BCUT2D eigenvalue weighted by Gasteiger charge is -2.10. The van der Waals surface area contributed by atoms with Crippen LogP contribution in [0.15, 0.2) is 6.33 Å². The number of carbonyl (C=O) groups excluding carboxylic acids is 1. The molecule has 23 heavy (non-hydrogen) atoms. The fourth-order valence-electron chi connectivity index (χ4n) is 2.65. The Morgan fingerprint density at radius 3 is 2.87 bits per heavy atom. The van der Waals surface area contributed by atoms with E-state index < -0.39 is 9.84 Å². The molecule has 2 aromatic rings. The Labute approximate surface area is 137 Å². The summed E-state index contributed by atoms with van der Waals surface area (Å²) in [5, 5.41) is 14.6. The fraction of sp³-hybridized carbons (Fsp3) is 0.538. The van der Waals surface area contributed by atoms with Gasteiger partial charge < -0.3 is 5.32 Å². The van der Waals surface area contributed by atoms with Crippen LogP contribution in [-0.4, -0.2) is 52.6 Å². The van der Waals surface area contributed by atoms with Gasteiger partial charge >= 0.3 is 0 Å². The van der Waals surface area contributed by atoms with E-state index in [2.05, 4.69) is 20.8 Å². The number of nitrogens with zero attached hydrogens (tertiary/aromatic N) is 4. The number of rotatable bonds is 4. The molecule has 2 aromatic heterocycles. The zero-order valence-electron chi connectivity index (χ0n) is 12.8. The highest BCUT2D eigenvalue weighted by Gasteiger charge is 2.29. The van der Waals surface area contributed by atoms with Crippen molar-refractivity contribution in [2.45, 2.75) is 20.3 Å². The molecule has 1 atom stereocenters. The fourth-order valence-corrected chi connectivity index (χ4v) is 5.58. The number of nitrogens with one attached hydrogen (secondary N) is 1. The number of tetrazole rings is 1. The van der Waals surface area contributed by atoms with Crippen LogP contribution in [0.5, 0.6) is 0 Å². The Morgan fingerprint density at radius 1 is 1.48 bits per heavy atom. The van der Waals surface area contributed by atoms with Gasteiger partial charge in [0.05, 0.1) is 17.1 Å². The quantitative estimate of drug-likeness (QED) is 0.856. The van der Waals surface area contributed by atoms with Gasteiger partial charge in [0.25, 0.3) is 5.91 Å². The Hall–Kier alpha value is -1.81. The smallest absolute Gasteiger partial charge is 0.254 e. The molecule has 1 aliphatic rings. The minimum absolute atomic E-state index is 0.0134. The molecule has 0 bridgehead atoms. The second kappa shape index (κ2) is 6.00. The lowest BCUT2D eigenvalue weighted by atomic mass is 10.1. The minimum atomic E-state index is -2.94. The molecule has 1 aliphatic heterocycles. The third-order valence-corrected chi connectivity index (χ3v) is 7.06. The molecule has 10 heteroatoms. The molecule has 8 nitrogen and oxygen atoms in total. The maximum atomic E-state index is 12.6. The van der Waals surface area contributed by atoms with E-state index in [0.29, 0.717) is 23.5 Å². The highest BCUT2D eigenvalue weighted by Crippen LogP contribution is 2.30. The van der Waals surface area contributed by atoms with E-state index in [1.54, 1.807) is 0 Å². The van der Waals surface area contributed by atoms with Gasteiger partial charge in [0.1, 0.15) is 11.3 Å². The summed E-state index contributed by atoms with van der Waals surface area (Å²) >= 11 is 1.45. The minimum Gasteiger partial charge on any atom is -0.352 e. The summed E-state index contributed by atoms with van der Waals surface area (Å²) in [4.78, 5) is 13.6. The molecule has 0 spiro atoms. The number of sulfone groups is 1. The topological polar surface area (TPSA) is 107 Å². The van der Waals surface area contributed by atoms with Crippen molar-refractivity contribution < 1.29 is 13.2 Å². The van der Waals surface area contributed by atoms with Crippen LogP contribution in [0.2, 0.25) is 0 Å². The number of thiophene rings is 1. The van der Waals surface area contributed by atoms with E-state index in [4.69, 9.17) is 0 Å². The first kappa shape index (κ1) is 16.1. The number of hydrogen-bond donors (Lipinski definition) is 1. The van der Waals surface area contributed by atoms with Crippen LogP contribution >= 0.6 is 11.3 Å². The highest BCUT2D eigenvalue weighted by molar-refractivity contribution is 7.91. The Morgan fingerprint density at radius 2 is 2.26 bits per heavy atom. The summed E-state index contributed by atoms with van der Waals surface area (Å²) < 4.78 is 24.4. The monoisotopic (exact) mass is 355 g/mol. The van der Waals surface area contributed by atoms with Crippen molar-refractivity contribution >= 4 is 27.1 Å². The molecule has 124 valence electrons. The Kier molecular flexibility index (Phi) is 4.19. The number of amides is 1. The van der Waals surface area contributed by atoms with Crippen molar-refractivity contribution in [1.82, 2.24) is 25.5 Å². The number of hydrogen-bond acceptors (Lipinski definition) is 7. The summed E-state index contributed by atoms with van der Waals surface area (Å²) in [7, 11) is -2.94. The molecular weight excluding hydrogens is 338 g/mol. The van der Waals surface area contributed by atoms with Crippen LogP contribution in [0.4, 0.5) is 0 Å². The van der Waals surface area contributed by atoms with E-state index >= 15 is 0 Å². The third kappa shape index (κ3) is 3.27. The molecule has 0 aromatic carbocycles. The van der Waals surface area contributed by atoms with Crippen LogP contribution in [0, 0.1) is 19.8 Å². The average molecular weight is 355 g/mol. The first-order valence-corrected chi connectivity index (χ1v) is 9.83. The van der Waals surface area contributed by atoms with E-state index in [9.17, 15) is 13.2 Å². The summed E-state index contributed by atoms with van der Waals surface area (Å²) in [6, 6.07) is 0. The molecular formula is C13H17N5O3S2. The van der Waals surface area contributed by atoms with E-state index in [0.717, 1.165) is 10.4 Å². The second-order valence-corrected chi connectivity index (χ2v) is 9.13. The predicted octanol–water partition coefficient (Wildman–Crippen LogP) is 0.505. The molecule has 0 aliphatic carbocycles. The van der Waals surface area contributed by atoms with Crippen LogP contribution in [-0.2, 0) is 9.84 Å². The van der Waals surface area contributed by atoms with Crippen LogP contribution in [0.1, 0.15) is 27.2 Å². The number of carbonyl (C=O) groups is 1. The van der Waals surface area contributed by atoms with Gasteiger partial charge in [-0.25, -0.2) is 8.42 Å². The lowest BCUT2D eigenvalue weighted by Crippen LogP contribution is -2.30. The van der Waals surface area contributed by atoms with Gasteiger partial charge in [-0.05, 0) is 42.2 Å². The SMILES string of the molecule is Cc1sc(-n2cnnn2)c(C(=O)NCC2CCS(=O)(=O)C2)c1C. The molecule has 1 N–H and O–H groups in total. The second-order valence-electron chi connectivity index (χ2n) is 5.70.